The van der Waals surface area contributed by atoms with Gasteiger partial charge in [0.1, 0.15) is 5.76 Å². The molecule has 0 spiro atoms. The third-order valence-corrected chi connectivity index (χ3v) is 5.22. The molecule has 1 aliphatic rings. The van der Waals surface area contributed by atoms with E-state index in [2.05, 4.69) is 67.5 Å². The molecule has 122 valence electrons. The second kappa shape index (κ2) is 6.29. The second-order valence-corrected chi connectivity index (χ2v) is 6.91. The Balaban J connectivity index is 1.76. The van der Waals surface area contributed by atoms with Crippen LogP contribution < -0.4 is 0 Å². The van der Waals surface area contributed by atoms with Crippen LogP contribution in [0.5, 0.6) is 0 Å². The fraction of sp³-hybridized carbons (Fsp3) is 0.273. The molecule has 2 heteroatoms. The molecular weight excluding hydrogens is 294 g/mol. The van der Waals surface area contributed by atoms with Crippen molar-refractivity contribution in [2.45, 2.75) is 24.8 Å². The van der Waals surface area contributed by atoms with E-state index < -0.39 is 0 Å². The maximum absolute atomic E-state index is 5.58. The quantitative estimate of drug-likeness (QED) is 0.679. The number of likely N-dealkylation sites (N-methyl/N-ethyl adjacent to an activating group) is 1. The molecule has 0 radical (unpaired) electrons. The number of furan rings is 1. The van der Waals surface area contributed by atoms with Gasteiger partial charge < -0.3 is 9.32 Å². The third-order valence-electron chi connectivity index (χ3n) is 5.22. The zero-order valence-corrected chi connectivity index (χ0v) is 14.3. The standard InChI is InChI=1S/C22H23NO/c1-23(2)19-14-17-7-3-4-10-20(17)21(15-19)16-8-5-9-18(13-16)22-11-6-12-24-22/h3-13,19,21H,14-15H2,1-2H3/t19-,21+/m1/s1. The zero-order chi connectivity index (χ0) is 16.5. The van der Waals surface area contributed by atoms with E-state index in [9.17, 15) is 0 Å². The lowest BCUT2D eigenvalue weighted by atomic mass is 9.76. The minimum absolute atomic E-state index is 0.442. The predicted molar refractivity (Wildman–Crippen MR) is 98.2 cm³/mol. The number of hydrogen-bond donors (Lipinski definition) is 0. The van der Waals surface area contributed by atoms with Crippen LogP contribution in [0.2, 0.25) is 0 Å². The first kappa shape index (κ1) is 15.2. The normalized spacial score (nSPS) is 20.1. The first-order valence-corrected chi connectivity index (χ1v) is 8.60. The molecule has 0 aliphatic heterocycles. The SMILES string of the molecule is CN(C)[C@@H]1Cc2ccccc2[C@H](c2cccc(-c3ccco3)c2)C1. The van der Waals surface area contributed by atoms with Crippen LogP contribution in [0.4, 0.5) is 0 Å². The highest BCUT2D eigenvalue weighted by atomic mass is 16.3. The number of rotatable bonds is 3. The van der Waals surface area contributed by atoms with Gasteiger partial charge in [0, 0.05) is 17.5 Å². The molecule has 0 saturated heterocycles. The van der Waals surface area contributed by atoms with Crippen molar-refractivity contribution in [2.75, 3.05) is 14.1 Å². The largest absolute Gasteiger partial charge is 0.464 e. The van der Waals surface area contributed by atoms with Gasteiger partial charge in [0.2, 0.25) is 0 Å². The van der Waals surface area contributed by atoms with Crippen molar-refractivity contribution in [1.29, 1.82) is 0 Å². The lowest BCUT2D eigenvalue weighted by Crippen LogP contribution is -2.35. The van der Waals surface area contributed by atoms with Gasteiger partial charge >= 0.3 is 0 Å². The molecule has 4 rings (SSSR count). The van der Waals surface area contributed by atoms with Crippen molar-refractivity contribution in [2.24, 2.45) is 0 Å². The van der Waals surface area contributed by atoms with E-state index in [4.69, 9.17) is 4.42 Å². The van der Waals surface area contributed by atoms with Gasteiger partial charge in [-0.05, 0) is 61.8 Å². The van der Waals surface area contributed by atoms with Crippen molar-refractivity contribution in [3.8, 4) is 11.3 Å². The van der Waals surface area contributed by atoms with E-state index in [1.807, 2.05) is 12.1 Å². The lowest BCUT2D eigenvalue weighted by Gasteiger charge is -2.35. The van der Waals surface area contributed by atoms with E-state index in [-0.39, 0.29) is 0 Å². The number of fused-ring (bicyclic) bond motifs is 1. The third kappa shape index (κ3) is 2.78. The van der Waals surface area contributed by atoms with Gasteiger partial charge in [-0.3, -0.25) is 0 Å². The fourth-order valence-electron chi connectivity index (χ4n) is 3.86. The predicted octanol–water partition coefficient (Wildman–Crippen LogP) is 4.95. The van der Waals surface area contributed by atoms with Gasteiger partial charge in [0.05, 0.1) is 6.26 Å². The van der Waals surface area contributed by atoms with Crippen molar-refractivity contribution >= 4 is 0 Å². The molecule has 1 aromatic heterocycles. The molecule has 1 aliphatic carbocycles. The van der Waals surface area contributed by atoms with Gasteiger partial charge in [-0.25, -0.2) is 0 Å². The summed E-state index contributed by atoms with van der Waals surface area (Å²) in [5, 5.41) is 0. The summed E-state index contributed by atoms with van der Waals surface area (Å²) in [6, 6.07) is 22.3. The minimum atomic E-state index is 0.442. The summed E-state index contributed by atoms with van der Waals surface area (Å²) < 4.78 is 5.58. The number of benzene rings is 2. The maximum Gasteiger partial charge on any atom is 0.133 e. The lowest BCUT2D eigenvalue weighted by molar-refractivity contribution is 0.258. The summed E-state index contributed by atoms with van der Waals surface area (Å²) in [5.74, 6) is 1.38. The molecule has 2 atom stereocenters. The van der Waals surface area contributed by atoms with E-state index >= 15 is 0 Å². The Morgan fingerprint density at radius 2 is 1.83 bits per heavy atom. The van der Waals surface area contributed by atoms with Gasteiger partial charge in [-0.2, -0.15) is 0 Å². The monoisotopic (exact) mass is 317 g/mol. The van der Waals surface area contributed by atoms with Crippen LogP contribution >= 0.6 is 0 Å². The van der Waals surface area contributed by atoms with Crippen molar-refractivity contribution in [3.63, 3.8) is 0 Å². The molecule has 1 heterocycles. The fourth-order valence-corrected chi connectivity index (χ4v) is 3.86. The Kier molecular flexibility index (Phi) is 3.99. The zero-order valence-electron chi connectivity index (χ0n) is 14.3. The van der Waals surface area contributed by atoms with Crippen LogP contribution in [0.1, 0.15) is 29.0 Å². The highest BCUT2D eigenvalue weighted by Gasteiger charge is 2.29. The summed E-state index contributed by atoms with van der Waals surface area (Å²) in [6.45, 7) is 0. The van der Waals surface area contributed by atoms with Crippen molar-refractivity contribution in [1.82, 2.24) is 4.90 Å². The van der Waals surface area contributed by atoms with E-state index in [1.54, 1.807) is 6.26 Å². The smallest absolute Gasteiger partial charge is 0.133 e. The van der Waals surface area contributed by atoms with Crippen molar-refractivity contribution < 1.29 is 4.42 Å². The van der Waals surface area contributed by atoms with Crippen molar-refractivity contribution in [3.05, 3.63) is 83.6 Å². The Labute approximate surface area is 143 Å². The van der Waals surface area contributed by atoms with Crippen LogP contribution in [-0.2, 0) is 6.42 Å². The van der Waals surface area contributed by atoms with Crippen LogP contribution in [-0.4, -0.2) is 25.0 Å². The minimum Gasteiger partial charge on any atom is -0.464 e. The van der Waals surface area contributed by atoms with Crippen LogP contribution in [0.25, 0.3) is 11.3 Å². The van der Waals surface area contributed by atoms with Crippen LogP contribution in [0.15, 0.2) is 71.3 Å². The summed E-state index contributed by atoms with van der Waals surface area (Å²) in [4.78, 5) is 2.36. The molecule has 0 bridgehead atoms. The van der Waals surface area contributed by atoms with Gasteiger partial charge in [-0.15, -0.1) is 0 Å². The summed E-state index contributed by atoms with van der Waals surface area (Å²) in [5.41, 5.74) is 5.49. The molecule has 0 N–H and O–H groups in total. The molecule has 2 aromatic carbocycles. The molecule has 3 aromatic rings. The first-order valence-electron chi connectivity index (χ1n) is 8.60. The Bertz CT molecular complexity index is 820. The molecule has 0 unspecified atom stereocenters. The number of nitrogens with zero attached hydrogens (tertiary/aromatic N) is 1. The summed E-state index contributed by atoms with van der Waals surface area (Å²) in [7, 11) is 4.38. The average molecular weight is 317 g/mol. The molecule has 0 amide bonds. The van der Waals surface area contributed by atoms with E-state index in [0.29, 0.717) is 12.0 Å². The maximum atomic E-state index is 5.58. The summed E-state index contributed by atoms with van der Waals surface area (Å²) >= 11 is 0. The summed E-state index contributed by atoms with van der Waals surface area (Å²) in [6.07, 6.45) is 4.03. The average Bonchev–Trinajstić information content (AvgIpc) is 3.15. The van der Waals surface area contributed by atoms with E-state index in [1.165, 1.54) is 16.7 Å². The highest BCUT2D eigenvalue weighted by Crippen LogP contribution is 2.39. The second-order valence-electron chi connectivity index (χ2n) is 6.91. The van der Waals surface area contributed by atoms with Crippen LogP contribution in [0, 0.1) is 0 Å². The van der Waals surface area contributed by atoms with E-state index in [0.717, 1.165) is 24.2 Å². The Morgan fingerprint density at radius 3 is 2.62 bits per heavy atom. The topological polar surface area (TPSA) is 16.4 Å². The van der Waals surface area contributed by atoms with Gasteiger partial charge in [-0.1, -0.05) is 42.5 Å². The number of hydrogen-bond acceptors (Lipinski definition) is 2. The molecule has 0 saturated carbocycles. The van der Waals surface area contributed by atoms with Gasteiger partial charge in [0.15, 0.2) is 0 Å². The molecule has 24 heavy (non-hydrogen) atoms. The van der Waals surface area contributed by atoms with Gasteiger partial charge in [0.25, 0.3) is 0 Å². The molecular formula is C22H23NO. The molecule has 2 nitrogen and oxygen atoms in total. The Hall–Kier alpha value is -2.32. The van der Waals surface area contributed by atoms with Crippen LogP contribution in [0.3, 0.4) is 0 Å². The first-order chi connectivity index (χ1) is 11.7. The highest BCUT2D eigenvalue weighted by molar-refractivity contribution is 5.59. The Morgan fingerprint density at radius 1 is 0.958 bits per heavy atom. The molecule has 0 fully saturated rings.